The van der Waals surface area contributed by atoms with Gasteiger partial charge in [0.1, 0.15) is 0 Å². The van der Waals surface area contributed by atoms with Crippen molar-refractivity contribution in [2.24, 2.45) is 0 Å². The van der Waals surface area contributed by atoms with E-state index in [4.69, 9.17) is 4.74 Å². The fourth-order valence-electron chi connectivity index (χ4n) is 3.19. The summed E-state index contributed by atoms with van der Waals surface area (Å²) in [4.78, 5) is 2.49. The zero-order chi connectivity index (χ0) is 13.1. The Morgan fingerprint density at radius 1 is 1.32 bits per heavy atom. The molecule has 1 aromatic carbocycles. The monoisotopic (exact) mass is 260 g/mol. The molecule has 104 valence electrons. The lowest BCUT2D eigenvalue weighted by atomic mass is 9.91. The quantitative estimate of drug-likeness (QED) is 0.901. The predicted octanol–water partition coefficient (Wildman–Crippen LogP) is 2.12. The molecule has 1 N–H and O–H groups in total. The van der Waals surface area contributed by atoms with Crippen molar-refractivity contribution in [2.45, 2.75) is 32.4 Å². The Morgan fingerprint density at radius 2 is 2.16 bits per heavy atom. The Balaban J connectivity index is 1.73. The molecule has 0 bridgehead atoms. The molecule has 1 saturated heterocycles. The molecule has 3 heteroatoms. The van der Waals surface area contributed by atoms with Crippen molar-refractivity contribution in [3.8, 4) is 0 Å². The van der Waals surface area contributed by atoms with Crippen molar-refractivity contribution in [1.82, 2.24) is 10.2 Å². The van der Waals surface area contributed by atoms with Crippen LogP contribution in [0, 0.1) is 0 Å². The molecule has 0 saturated carbocycles. The van der Waals surface area contributed by atoms with Gasteiger partial charge in [0, 0.05) is 25.7 Å². The Morgan fingerprint density at radius 3 is 2.95 bits per heavy atom. The number of hydrogen-bond donors (Lipinski definition) is 1. The van der Waals surface area contributed by atoms with Gasteiger partial charge in [-0.3, -0.25) is 4.90 Å². The van der Waals surface area contributed by atoms with Crippen molar-refractivity contribution in [3.05, 3.63) is 34.9 Å². The number of ether oxygens (including phenoxy) is 1. The van der Waals surface area contributed by atoms with Gasteiger partial charge in [-0.1, -0.05) is 25.1 Å². The van der Waals surface area contributed by atoms with Gasteiger partial charge in [-0.2, -0.15) is 0 Å². The SMILES string of the molecule is CCC1NCCc2cc(CN3CCOCC3)ccc21. The third-order valence-electron chi connectivity index (χ3n) is 4.29. The third kappa shape index (κ3) is 2.99. The Hall–Kier alpha value is -0.900. The highest BCUT2D eigenvalue weighted by molar-refractivity contribution is 5.36. The van der Waals surface area contributed by atoms with Gasteiger partial charge in [0.25, 0.3) is 0 Å². The fourth-order valence-corrected chi connectivity index (χ4v) is 3.19. The lowest BCUT2D eigenvalue weighted by molar-refractivity contribution is 0.0342. The molecule has 2 heterocycles. The molecule has 3 rings (SSSR count). The minimum absolute atomic E-state index is 0.557. The van der Waals surface area contributed by atoms with Crippen LogP contribution in [0.5, 0.6) is 0 Å². The van der Waals surface area contributed by atoms with Crippen LogP contribution in [0.25, 0.3) is 0 Å². The first-order valence-electron chi connectivity index (χ1n) is 7.52. The molecular weight excluding hydrogens is 236 g/mol. The van der Waals surface area contributed by atoms with Crippen LogP contribution in [-0.2, 0) is 17.7 Å². The fraction of sp³-hybridized carbons (Fsp3) is 0.625. The van der Waals surface area contributed by atoms with Crippen LogP contribution in [0.3, 0.4) is 0 Å². The first-order chi connectivity index (χ1) is 9.36. The minimum Gasteiger partial charge on any atom is -0.379 e. The summed E-state index contributed by atoms with van der Waals surface area (Å²) >= 11 is 0. The Kier molecular flexibility index (Phi) is 4.16. The first kappa shape index (κ1) is 13.1. The summed E-state index contributed by atoms with van der Waals surface area (Å²) in [6.07, 6.45) is 2.35. The standard InChI is InChI=1S/C16H24N2O/c1-2-16-15-4-3-13(11-14(15)5-6-17-16)12-18-7-9-19-10-8-18/h3-4,11,16-17H,2,5-10,12H2,1H3. The molecule has 0 amide bonds. The van der Waals surface area contributed by atoms with E-state index in [-0.39, 0.29) is 0 Å². The molecule has 0 aromatic heterocycles. The van der Waals surface area contributed by atoms with Gasteiger partial charge < -0.3 is 10.1 Å². The van der Waals surface area contributed by atoms with E-state index in [2.05, 4.69) is 35.3 Å². The van der Waals surface area contributed by atoms with Crippen LogP contribution >= 0.6 is 0 Å². The molecule has 0 spiro atoms. The van der Waals surface area contributed by atoms with Crippen molar-refractivity contribution in [2.75, 3.05) is 32.8 Å². The predicted molar refractivity (Wildman–Crippen MR) is 77.3 cm³/mol. The van der Waals surface area contributed by atoms with E-state index < -0.39 is 0 Å². The largest absolute Gasteiger partial charge is 0.379 e. The maximum Gasteiger partial charge on any atom is 0.0594 e. The lowest BCUT2D eigenvalue weighted by Gasteiger charge is -2.29. The van der Waals surface area contributed by atoms with Crippen molar-refractivity contribution < 1.29 is 4.74 Å². The number of morpholine rings is 1. The second-order valence-electron chi connectivity index (χ2n) is 5.59. The number of hydrogen-bond acceptors (Lipinski definition) is 3. The highest BCUT2D eigenvalue weighted by Gasteiger charge is 2.18. The number of nitrogens with zero attached hydrogens (tertiary/aromatic N) is 1. The Labute approximate surface area is 115 Å². The molecule has 2 aliphatic heterocycles. The highest BCUT2D eigenvalue weighted by Crippen LogP contribution is 2.26. The van der Waals surface area contributed by atoms with Crippen LogP contribution in [0.2, 0.25) is 0 Å². The molecule has 1 fully saturated rings. The molecule has 1 atom stereocenters. The molecule has 2 aliphatic rings. The molecule has 19 heavy (non-hydrogen) atoms. The number of nitrogens with one attached hydrogen (secondary N) is 1. The van der Waals surface area contributed by atoms with Crippen LogP contribution in [0.15, 0.2) is 18.2 Å². The van der Waals surface area contributed by atoms with Gasteiger partial charge in [-0.15, -0.1) is 0 Å². The zero-order valence-corrected chi connectivity index (χ0v) is 11.8. The van der Waals surface area contributed by atoms with Crippen LogP contribution in [0.1, 0.15) is 36.1 Å². The smallest absolute Gasteiger partial charge is 0.0594 e. The molecular formula is C16H24N2O. The van der Waals surface area contributed by atoms with Gasteiger partial charge in [0.2, 0.25) is 0 Å². The van der Waals surface area contributed by atoms with Gasteiger partial charge >= 0.3 is 0 Å². The topological polar surface area (TPSA) is 24.5 Å². The summed E-state index contributed by atoms with van der Waals surface area (Å²) in [6.45, 7) is 8.34. The summed E-state index contributed by atoms with van der Waals surface area (Å²) in [5.74, 6) is 0. The average molecular weight is 260 g/mol. The Bertz CT molecular complexity index is 427. The van der Waals surface area contributed by atoms with E-state index in [0.29, 0.717) is 6.04 Å². The molecule has 0 radical (unpaired) electrons. The third-order valence-corrected chi connectivity index (χ3v) is 4.29. The summed E-state index contributed by atoms with van der Waals surface area (Å²) < 4.78 is 5.41. The van der Waals surface area contributed by atoms with E-state index in [1.165, 1.54) is 24.0 Å². The van der Waals surface area contributed by atoms with Crippen LogP contribution in [0.4, 0.5) is 0 Å². The summed E-state index contributed by atoms with van der Waals surface area (Å²) in [7, 11) is 0. The molecule has 3 nitrogen and oxygen atoms in total. The molecule has 1 aromatic rings. The van der Waals surface area contributed by atoms with E-state index in [9.17, 15) is 0 Å². The minimum atomic E-state index is 0.557. The maximum atomic E-state index is 5.41. The summed E-state index contributed by atoms with van der Waals surface area (Å²) in [5, 5.41) is 3.60. The number of fused-ring (bicyclic) bond motifs is 1. The molecule has 1 unspecified atom stereocenters. The lowest BCUT2D eigenvalue weighted by Crippen LogP contribution is -2.35. The van der Waals surface area contributed by atoms with Gasteiger partial charge in [-0.05, 0) is 36.1 Å². The number of rotatable bonds is 3. The first-order valence-corrected chi connectivity index (χ1v) is 7.52. The van der Waals surface area contributed by atoms with Gasteiger partial charge in [0.05, 0.1) is 13.2 Å². The summed E-state index contributed by atoms with van der Waals surface area (Å²) in [6, 6.07) is 7.63. The van der Waals surface area contributed by atoms with E-state index in [1.54, 1.807) is 5.56 Å². The van der Waals surface area contributed by atoms with Crippen molar-refractivity contribution in [1.29, 1.82) is 0 Å². The van der Waals surface area contributed by atoms with Gasteiger partial charge in [0.15, 0.2) is 0 Å². The normalized spacial score (nSPS) is 24.2. The maximum absolute atomic E-state index is 5.41. The van der Waals surface area contributed by atoms with E-state index >= 15 is 0 Å². The number of benzene rings is 1. The van der Waals surface area contributed by atoms with Crippen molar-refractivity contribution in [3.63, 3.8) is 0 Å². The van der Waals surface area contributed by atoms with E-state index in [0.717, 1.165) is 39.4 Å². The summed E-state index contributed by atoms with van der Waals surface area (Å²) in [5.41, 5.74) is 4.52. The average Bonchev–Trinajstić information content (AvgIpc) is 2.47. The molecule has 0 aliphatic carbocycles. The zero-order valence-electron chi connectivity index (χ0n) is 11.8. The van der Waals surface area contributed by atoms with Gasteiger partial charge in [-0.25, -0.2) is 0 Å². The highest BCUT2D eigenvalue weighted by atomic mass is 16.5. The second kappa shape index (κ2) is 6.04. The van der Waals surface area contributed by atoms with Crippen LogP contribution in [-0.4, -0.2) is 37.7 Å². The van der Waals surface area contributed by atoms with Crippen LogP contribution < -0.4 is 5.32 Å². The van der Waals surface area contributed by atoms with E-state index in [1.807, 2.05) is 0 Å². The van der Waals surface area contributed by atoms with Crippen molar-refractivity contribution >= 4 is 0 Å². The second-order valence-corrected chi connectivity index (χ2v) is 5.59.